The molecule has 0 heterocycles. The Labute approximate surface area is 164 Å². The second-order valence-electron chi connectivity index (χ2n) is 8.19. The maximum Gasteiger partial charge on any atom is 0.251 e. The summed E-state index contributed by atoms with van der Waals surface area (Å²) in [6, 6.07) is 6.98. The number of carboxylic acids is 1. The molecule has 28 heavy (non-hydrogen) atoms. The van der Waals surface area contributed by atoms with Crippen LogP contribution < -0.4 is 15.7 Å². The summed E-state index contributed by atoms with van der Waals surface area (Å²) in [6.07, 6.45) is 10.1. The van der Waals surface area contributed by atoms with E-state index in [4.69, 9.17) is 0 Å². The molecule has 6 heteroatoms. The van der Waals surface area contributed by atoms with Crippen molar-refractivity contribution in [2.75, 3.05) is 5.32 Å². The lowest BCUT2D eigenvalue weighted by molar-refractivity contribution is -0.313. The number of hydrogen-bond acceptors (Lipinski definition) is 4. The Morgan fingerprint density at radius 1 is 0.893 bits per heavy atom. The molecule has 0 spiro atoms. The van der Waals surface area contributed by atoms with Gasteiger partial charge in [-0.1, -0.05) is 31.4 Å². The van der Waals surface area contributed by atoms with Gasteiger partial charge in [-0.3, -0.25) is 9.59 Å². The van der Waals surface area contributed by atoms with E-state index in [1.807, 2.05) is 12.2 Å². The average molecular weight is 381 g/mol. The Kier molecular flexibility index (Phi) is 5.20. The van der Waals surface area contributed by atoms with Gasteiger partial charge >= 0.3 is 0 Å². The van der Waals surface area contributed by atoms with Crippen molar-refractivity contribution in [1.29, 1.82) is 0 Å². The van der Waals surface area contributed by atoms with E-state index in [1.165, 1.54) is 6.42 Å². The third-order valence-electron chi connectivity index (χ3n) is 6.39. The van der Waals surface area contributed by atoms with Gasteiger partial charge in [0.05, 0.1) is 5.92 Å². The van der Waals surface area contributed by atoms with Gasteiger partial charge in [-0.05, 0) is 55.4 Å². The van der Waals surface area contributed by atoms with Gasteiger partial charge in [0.2, 0.25) is 5.91 Å². The zero-order valence-corrected chi connectivity index (χ0v) is 15.7. The van der Waals surface area contributed by atoms with Crippen molar-refractivity contribution in [2.45, 2.75) is 44.6 Å². The second kappa shape index (κ2) is 7.78. The molecule has 6 nitrogen and oxygen atoms in total. The largest absolute Gasteiger partial charge is 0.550 e. The van der Waals surface area contributed by atoms with Crippen molar-refractivity contribution in [3.05, 3.63) is 42.0 Å². The summed E-state index contributed by atoms with van der Waals surface area (Å²) in [5.41, 5.74) is 1.11. The van der Waals surface area contributed by atoms with Crippen molar-refractivity contribution in [2.24, 2.45) is 23.7 Å². The molecule has 0 aromatic heterocycles. The molecule has 3 aliphatic carbocycles. The van der Waals surface area contributed by atoms with Gasteiger partial charge in [-0.25, -0.2) is 0 Å². The van der Waals surface area contributed by atoms with Crippen LogP contribution in [0.5, 0.6) is 0 Å². The number of anilines is 1. The second-order valence-corrected chi connectivity index (χ2v) is 8.19. The molecule has 0 saturated heterocycles. The van der Waals surface area contributed by atoms with E-state index >= 15 is 0 Å². The summed E-state index contributed by atoms with van der Waals surface area (Å²) in [5, 5.41) is 17.3. The molecule has 2 amide bonds. The molecule has 0 radical (unpaired) electrons. The van der Waals surface area contributed by atoms with Crippen LogP contribution in [0.2, 0.25) is 0 Å². The minimum Gasteiger partial charge on any atom is -0.550 e. The zero-order chi connectivity index (χ0) is 19.7. The lowest BCUT2D eigenvalue weighted by atomic mass is 9.82. The quantitative estimate of drug-likeness (QED) is 0.761. The predicted octanol–water partition coefficient (Wildman–Crippen LogP) is 1.88. The monoisotopic (exact) mass is 381 g/mol. The average Bonchev–Trinajstić information content (AvgIpc) is 3.31. The molecule has 2 N–H and O–H groups in total. The van der Waals surface area contributed by atoms with Crippen LogP contribution in [0.25, 0.3) is 0 Å². The van der Waals surface area contributed by atoms with Gasteiger partial charge in [0.1, 0.15) is 0 Å². The van der Waals surface area contributed by atoms with Crippen molar-refractivity contribution < 1.29 is 19.5 Å². The third-order valence-corrected chi connectivity index (χ3v) is 6.39. The first-order chi connectivity index (χ1) is 13.5. The Balaban J connectivity index is 1.37. The molecule has 1 aromatic carbocycles. The van der Waals surface area contributed by atoms with Crippen LogP contribution in [0, 0.1) is 23.7 Å². The third kappa shape index (κ3) is 3.68. The number of benzene rings is 1. The Morgan fingerprint density at radius 3 is 2.18 bits per heavy atom. The van der Waals surface area contributed by atoms with E-state index in [0.29, 0.717) is 17.7 Å². The Hall–Kier alpha value is -2.63. The van der Waals surface area contributed by atoms with Crippen molar-refractivity contribution in [1.82, 2.24) is 5.32 Å². The molecular weight excluding hydrogens is 356 g/mol. The van der Waals surface area contributed by atoms with E-state index in [0.717, 1.165) is 25.7 Å². The summed E-state index contributed by atoms with van der Waals surface area (Å²) in [5.74, 6) is -3.09. The van der Waals surface area contributed by atoms with Crippen molar-refractivity contribution in [3.8, 4) is 0 Å². The number of carboxylic acid groups (broad SMARTS) is 1. The van der Waals surface area contributed by atoms with Gasteiger partial charge in [-0.15, -0.1) is 0 Å². The number of fused-ring (bicyclic) bond motifs is 2. The van der Waals surface area contributed by atoms with E-state index < -0.39 is 17.8 Å². The van der Waals surface area contributed by atoms with Crippen LogP contribution in [-0.4, -0.2) is 23.8 Å². The molecule has 1 aromatic rings. The van der Waals surface area contributed by atoms with Gasteiger partial charge in [-0.2, -0.15) is 0 Å². The highest BCUT2D eigenvalue weighted by Crippen LogP contribution is 2.48. The first kappa shape index (κ1) is 18.7. The van der Waals surface area contributed by atoms with Crippen molar-refractivity contribution >= 4 is 23.5 Å². The number of carbonyl (C=O) groups is 3. The zero-order valence-electron chi connectivity index (χ0n) is 15.7. The number of carbonyl (C=O) groups excluding carboxylic acids is 3. The fourth-order valence-corrected chi connectivity index (χ4v) is 4.95. The lowest BCUT2D eigenvalue weighted by Crippen LogP contribution is -2.42. The number of nitrogens with one attached hydrogen (secondary N) is 2. The number of amides is 2. The first-order valence-electron chi connectivity index (χ1n) is 10.1. The smallest absolute Gasteiger partial charge is 0.251 e. The molecule has 0 unspecified atom stereocenters. The minimum atomic E-state index is -1.16. The maximum atomic E-state index is 12.7. The van der Waals surface area contributed by atoms with Crippen LogP contribution >= 0.6 is 0 Å². The highest BCUT2D eigenvalue weighted by molar-refractivity contribution is 5.98. The molecular formula is C22H25N2O4-. The predicted molar refractivity (Wildman–Crippen MR) is 102 cm³/mol. The molecule has 2 fully saturated rings. The summed E-state index contributed by atoms with van der Waals surface area (Å²) in [4.78, 5) is 36.5. The summed E-state index contributed by atoms with van der Waals surface area (Å²) in [7, 11) is 0. The Bertz CT molecular complexity index is 795. The molecule has 4 rings (SSSR count). The van der Waals surface area contributed by atoms with Crippen molar-refractivity contribution in [3.63, 3.8) is 0 Å². The summed E-state index contributed by atoms with van der Waals surface area (Å²) in [6.45, 7) is 0. The van der Waals surface area contributed by atoms with Gasteiger partial charge in [0.15, 0.2) is 0 Å². The van der Waals surface area contributed by atoms with E-state index in [2.05, 4.69) is 10.6 Å². The molecule has 3 aliphatic rings. The fraction of sp³-hybridized carbons (Fsp3) is 0.500. The molecule has 0 aliphatic heterocycles. The van der Waals surface area contributed by atoms with Gasteiger partial charge in [0.25, 0.3) is 5.91 Å². The van der Waals surface area contributed by atoms with Crippen LogP contribution in [-0.2, 0) is 9.59 Å². The van der Waals surface area contributed by atoms with Gasteiger partial charge < -0.3 is 20.5 Å². The standard InChI is InChI=1S/C22H26N2O4/c25-20(23-16-4-2-1-3-5-16)13-8-10-17(11-9-13)24-21(26)18-14-6-7-15(12-14)19(18)22(27)28/h6-11,14-16,18-19H,1-5,12H2,(H,23,25)(H,24,26)(H,27,28)/p-1/t14-,15-,18-,19-/m0/s1. The number of allylic oxidation sites excluding steroid dienone is 2. The molecule has 4 atom stereocenters. The topological polar surface area (TPSA) is 98.3 Å². The SMILES string of the molecule is O=C(NC1CCCCC1)c1ccc(NC(=O)[C@@H]2[C@@H](C(=O)[O-])[C@H]3C=C[C@H]2C3)cc1. The van der Waals surface area contributed by atoms with Crippen LogP contribution in [0.1, 0.15) is 48.9 Å². The van der Waals surface area contributed by atoms with Crippen LogP contribution in [0.15, 0.2) is 36.4 Å². The maximum absolute atomic E-state index is 12.7. The minimum absolute atomic E-state index is 0.0477. The lowest BCUT2D eigenvalue weighted by Gasteiger charge is -2.27. The highest BCUT2D eigenvalue weighted by Gasteiger charge is 2.48. The number of rotatable bonds is 5. The summed E-state index contributed by atoms with van der Waals surface area (Å²) < 4.78 is 0. The Morgan fingerprint density at radius 2 is 1.54 bits per heavy atom. The highest BCUT2D eigenvalue weighted by atomic mass is 16.4. The molecule has 2 bridgehead atoms. The van der Waals surface area contributed by atoms with Gasteiger partial charge in [0, 0.05) is 29.2 Å². The van der Waals surface area contributed by atoms with Crippen LogP contribution in [0.4, 0.5) is 5.69 Å². The van der Waals surface area contributed by atoms with E-state index in [-0.39, 0.29) is 29.7 Å². The number of hydrogen-bond donors (Lipinski definition) is 2. The van der Waals surface area contributed by atoms with E-state index in [1.54, 1.807) is 24.3 Å². The fourth-order valence-electron chi connectivity index (χ4n) is 4.95. The summed E-state index contributed by atoms with van der Waals surface area (Å²) >= 11 is 0. The molecule has 148 valence electrons. The number of aliphatic carboxylic acids is 1. The van der Waals surface area contributed by atoms with E-state index in [9.17, 15) is 19.5 Å². The first-order valence-corrected chi connectivity index (χ1v) is 10.1. The van der Waals surface area contributed by atoms with Crippen LogP contribution in [0.3, 0.4) is 0 Å². The molecule has 2 saturated carbocycles. The normalized spacial score (nSPS) is 28.9.